The SMILES string of the molecule is C=C[C@H]1CCC[NH+]1[CH2-]. The van der Waals surface area contributed by atoms with Crippen LogP contribution in [0.25, 0.3) is 0 Å². The zero-order chi connectivity index (χ0) is 5.98. The molecular weight excluding hydrogens is 98.1 g/mol. The number of nitrogens with one attached hydrogen (secondary N) is 1. The fourth-order valence-electron chi connectivity index (χ4n) is 1.22. The molecule has 1 saturated heterocycles. The van der Waals surface area contributed by atoms with Crippen LogP contribution >= 0.6 is 0 Å². The van der Waals surface area contributed by atoms with E-state index in [1.54, 1.807) is 0 Å². The van der Waals surface area contributed by atoms with E-state index in [9.17, 15) is 0 Å². The highest BCUT2D eigenvalue weighted by molar-refractivity contribution is 4.80. The fraction of sp³-hybridized carbons (Fsp3) is 0.571. The van der Waals surface area contributed by atoms with Crippen LogP contribution in [0.3, 0.4) is 0 Å². The molecule has 2 atom stereocenters. The standard InChI is InChI=1S/C7H13N/c1-3-7-5-4-6-8(7)2/h3,7-8H,1-2,4-6H2/t7-/m0/s1. The maximum Gasteiger partial charge on any atom is 0.0820 e. The third-order valence-electron chi connectivity index (χ3n) is 1.82. The van der Waals surface area contributed by atoms with Crippen LogP contribution in [0.1, 0.15) is 12.8 Å². The quantitative estimate of drug-likeness (QED) is 0.359. The van der Waals surface area contributed by atoms with Gasteiger partial charge in [0.05, 0.1) is 12.6 Å². The zero-order valence-electron chi connectivity index (χ0n) is 5.19. The Balaban J connectivity index is 2.41. The molecular formula is C7H13N. The maximum absolute atomic E-state index is 3.94. The highest BCUT2D eigenvalue weighted by Crippen LogP contribution is 1.98. The summed E-state index contributed by atoms with van der Waals surface area (Å²) in [6.07, 6.45) is 4.60. The van der Waals surface area contributed by atoms with Gasteiger partial charge in [-0.05, 0) is 6.08 Å². The molecule has 0 saturated carbocycles. The first-order chi connectivity index (χ1) is 3.84. The Morgan fingerprint density at radius 1 is 1.75 bits per heavy atom. The molecule has 0 bridgehead atoms. The lowest BCUT2D eigenvalue weighted by Crippen LogP contribution is -3.08. The summed E-state index contributed by atoms with van der Waals surface area (Å²) in [6.45, 7) is 4.95. The Hall–Kier alpha value is -0.300. The molecule has 1 rings (SSSR count). The normalized spacial score (nSPS) is 37.6. The Morgan fingerprint density at radius 3 is 2.75 bits per heavy atom. The smallest absolute Gasteiger partial charge is 0.0820 e. The van der Waals surface area contributed by atoms with Crippen LogP contribution in [0.5, 0.6) is 0 Å². The number of quaternary nitrogens is 1. The van der Waals surface area contributed by atoms with Crippen LogP contribution in [-0.2, 0) is 0 Å². The summed E-state index contributed by atoms with van der Waals surface area (Å²) in [4.78, 5) is 1.38. The number of hydrogen-bond acceptors (Lipinski definition) is 0. The summed E-state index contributed by atoms with van der Waals surface area (Å²) in [5.41, 5.74) is 0. The average molecular weight is 111 g/mol. The van der Waals surface area contributed by atoms with Crippen molar-refractivity contribution in [2.45, 2.75) is 18.9 Å². The van der Waals surface area contributed by atoms with E-state index in [2.05, 4.69) is 13.6 Å². The molecule has 0 amide bonds. The minimum atomic E-state index is 0.634. The van der Waals surface area contributed by atoms with E-state index in [1.807, 2.05) is 6.08 Å². The molecule has 1 N–H and O–H groups in total. The van der Waals surface area contributed by atoms with E-state index in [1.165, 1.54) is 24.3 Å². The van der Waals surface area contributed by atoms with Crippen molar-refractivity contribution < 1.29 is 4.90 Å². The average Bonchev–Trinajstić information content (AvgIpc) is 2.14. The predicted molar refractivity (Wildman–Crippen MR) is 34.4 cm³/mol. The van der Waals surface area contributed by atoms with Crippen LogP contribution in [0.2, 0.25) is 0 Å². The van der Waals surface area contributed by atoms with Gasteiger partial charge in [-0.2, -0.15) is 7.05 Å². The Morgan fingerprint density at radius 2 is 2.50 bits per heavy atom. The second-order valence-corrected chi connectivity index (χ2v) is 2.39. The molecule has 1 heterocycles. The molecule has 1 fully saturated rings. The highest BCUT2D eigenvalue weighted by Gasteiger charge is 2.16. The zero-order valence-corrected chi connectivity index (χ0v) is 5.19. The molecule has 46 valence electrons. The summed E-state index contributed by atoms with van der Waals surface area (Å²) in [5.74, 6) is 0. The van der Waals surface area contributed by atoms with Crippen molar-refractivity contribution in [1.82, 2.24) is 0 Å². The van der Waals surface area contributed by atoms with Gasteiger partial charge in [0.2, 0.25) is 0 Å². The summed E-state index contributed by atoms with van der Waals surface area (Å²) in [7, 11) is 3.94. The number of rotatable bonds is 1. The van der Waals surface area contributed by atoms with Gasteiger partial charge >= 0.3 is 0 Å². The van der Waals surface area contributed by atoms with Crippen molar-refractivity contribution in [3.05, 3.63) is 19.7 Å². The van der Waals surface area contributed by atoms with Crippen molar-refractivity contribution in [3.63, 3.8) is 0 Å². The molecule has 8 heavy (non-hydrogen) atoms. The Kier molecular flexibility index (Phi) is 1.69. The lowest BCUT2D eigenvalue weighted by atomic mass is 10.2. The molecule has 1 heteroatoms. The third-order valence-corrected chi connectivity index (χ3v) is 1.82. The Labute approximate surface area is 51.0 Å². The van der Waals surface area contributed by atoms with Gasteiger partial charge in [0.1, 0.15) is 0 Å². The van der Waals surface area contributed by atoms with E-state index in [-0.39, 0.29) is 0 Å². The summed E-state index contributed by atoms with van der Waals surface area (Å²) in [5, 5.41) is 0. The van der Waals surface area contributed by atoms with Gasteiger partial charge in [0, 0.05) is 12.8 Å². The Bertz CT molecular complexity index is 88.4. The second kappa shape index (κ2) is 2.31. The molecule has 1 nitrogen and oxygen atoms in total. The van der Waals surface area contributed by atoms with Gasteiger partial charge in [0.25, 0.3) is 0 Å². The fourth-order valence-corrected chi connectivity index (χ4v) is 1.22. The first-order valence-corrected chi connectivity index (χ1v) is 3.15. The van der Waals surface area contributed by atoms with Gasteiger partial charge in [0.15, 0.2) is 0 Å². The maximum atomic E-state index is 3.94. The lowest BCUT2D eigenvalue weighted by molar-refractivity contribution is -0.859. The van der Waals surface area contributed by atoms with Crippen LogP contribution in [0.15, 0.2) is 12.7 Å². The van der Waals surface area contributed by atoms with Crippen molar-refractivity contribution in [3.8, 4) is 0 Å². The minimum Gasteiger partial charge on any atom is -0.462 e. The van der Waals surface area contributed by atoms with Gasteiger partial charge in [-0.25, -0.2) is 0 Å². The summed E-state index contributed by atoms with van der Waals surface area (Å²) in [6, 6.07) is 0.634. The molecule has 1 unspecified atom stereocenters. The highest BCUT2D eigenvalue weighted by atomic mass is 15.1. The van der Waals surface area contributed by atoms with Gasteiger partial charge in [-0.1, -0.05) is 6.58 Å². The number of hydrogen-bond donors (Lipinski definition) is 1. The largest absolute Gasteiger partial charge is 0.462 e. The molecule has 0 aromatic carbocycles. The van der Waals surface area contributed by atoms with Crippen LogP contribution in [0.4, 0.5) is 0 Å². The molecule has 1 aliphatic heterocycles. The minimum absolute atomic E-state index is 0.634. The van der Waals surface area contributed by atoms with Gasteiger partial charge < -0.3 is 4.90 Å². The van der Waals surface area contributed by atoms with E-state index in [0.717, 1.165) is 0 Å². The van der Waals surface area contributed by atoms with Crippen molar-refractivity contribution >= 4 is 0 Å². The van der Waals surface area contributed by atoms with Crippen molar-refractivity contribution in [1.29, 1.82) is 0 Å². The molecule has 0 radical (unpaired) electrons. The molecule has 1 aliphatic rings. The van der Waals surface area contributed by atoms with E-state index >= 15 is 0 Å². The van der Waals surface area contributed by atoms with Crippen LogP contribution < -0.4 is 4.90 Å². The third kappa shape index (κ3) is 0.920. The summed E-state index contributed by atoms with van der Waals surface area (Å²) >= 11 is 0. The molecule has 0 aromatic rings. The second-order valence-electron chi connectivity index (χ2n) is 2.39. The predicted octanol–water partition coefficient (Wildman–Crippen LogP) is 0.0113. The summed E-state index contributed by atoms with van der Waals surface area (Å²) < 4.78 is 0. The molecule has 0 aromatic heterocycles. The van der Waals surface area contributed by atoms with Crippen molar-refractivity contribution in [2.75, 3.05) is 6.54 Å². The van der Waals surface area contributed by atoms with E-state index < -0.39 is 0 Å². The van der Waals surface area contributed by atoms with Gasteiger partial charge in [-0.3, -0.25) is 0 Å². The van der Waals surface area contributed by atoms with E-state index in [0.29, 0.717) is 6.04 Å². The van der Waals surface area contributed by atoms with E-state index in [4.69, 9.17) is 0 Å². The van der Waals surface area contributed by atoms with Crippen LogP contribution in [0, 0.1) is 7.05 Å². The molecule has 0 spiro atoms. The topological polar surface area (TPSA) is 4.44 Å². The first kappa shape index (κ1) is 5.83. The van der Waals surface area contributed by atoms with Gasteiger partial charge in [-0.15, -0.1) is 0 Å². The first-order valence-electron chi connectivity index (χ1n) is 3.15. The lowest BCUT2D eigenvalue weighted by Gasteiger charge is -2.18. The molecule has 0 aliphatic carbocycles. The van der Waals surface area contributed by atoms with Crippen LogP contribution in [-0.4, -0.2) is 12.6 Å². The monoisotopic (exact) mass is 111 g/mol. The van der Waals surface area contributed by atoms with Crippen molar-refractivity contribution in [2.24, 2.45) is 0 Å². The number of likely N-dealkylation sites (tertiary alicyclic amines) is 1.